The molecule has 1 N–H and O–H groups in total. The van der Waals surface area contributed by atoms with Gasteiger partial charge in [-0.3, -0.25) is 10.1 Å². The molecule has 5 nitrogen and oxygen atoms in total. The van der Waals surface area contributed by atoms with E-state index in [1.807, 2.05) is 6.07 Å². The third-order valence-electron chi connectivity index (χ3n) is 5.21. The van der Waals surface area contributed by atoms with Crippen molar-refractivity contribution in [1.29, 1.82) is 0 Å². The fourth-order valence-electron chi connectivity index (χ4n) is 3.79. The maximum absolute atomic E-state index is 12.8. The molecule has 0 fully saturated rings. The van der Waals surface area contributed by atoms with E-state index in [0.717, 1.165) is 23.3 Å². The summed E-state index contributed by atoms with van der Waals surface area (Å²) in [6.45, 7) is 1.90. The topological polar surface area (TPSA) is 56.8 Å². The van der Waals surface area contributed by atoms with Gasteiger partial charge in [0.05, 0.1) is 19.8 Å². The number of aryl methyl sites for hydroxylation is 1. The largest absolute Gasteiger partial charge is 0.493 e. The predicted octanol–water partition coefficient (Wildman–Crippen LogP) is 4.22. The second-order valence-electron chi connectivity index (χ2n) is 7.16. The van der Waals surface area contributed by atoms with Gasteiger partial charge in [0.15, 0.2) is 17.2 Å². The van der Waals surface area contributed by atoms with Crippen molar-refractivity contribution in [2.45, 2.75) is 38.1 Å². The maximum Gasteiger partial charge on any atom is 0.416 e. The molecule has 0 radical (unpaired) electrons. The van der Waals surface area contributed by atoms with Crippen LogP contribution in [0.5, 0.6) is 11.5 Å². The van der Waals surface area contributed by atoms with Crippen molar-refractivity contribution >= 4 is 5.97 Å². The number of nitrogens with one attached hydrogen (secondary N) is 1. The van der Waals surface area contributed by atoms with Crippen LogP contribution < -0.4 is 14.8 Å². The van der Waals surface area contributed by atoms with Crippen molar-refractivity contribution in [3.05, 3.63) is 58.7 Å². The lowest BCUT2D eigenvalue weighted by Crippen LogP contribution is -2.50. The molecule has 2 aromatic rings. The first-order valence-corrected chi connectivity index (χ1v) is 9.54. The van der Waals surface area contributed by atoms with Crippen molar-refractivity contribution in [2.75, 3.05) is 20.8 Å². The lowest BCUT2D eigenvalue weighted by molar-refractivity contribution is -0.164. The Morgan fingerprint density at radius 3 is 2.30 bits per heavy atom. The minimum Gasteiger partial charge on any atom is -0.493 e. The van der Waals surface area contributed by atoms with Crippen molar-refractivity contribution in [3.63, 3.8) is 0 Å². The van der Waals surface area contributed by atoms with Crippen LogP contribution in [0.15, 0.2) is 36.4 Å². The van der Waals surface area contributed by atoms with E-state index in [1.54, 1.807) is 13.2 Å². The van der Waals surface area contributed by atoms with E-state index in [4.69, 9.17) is 14.2 Å². The van der Waals surface area contributed by atoms with Crippen molar-refractivity contribution in [3.8, 4) is 11.5 Å². The average Bonchev–Trinajstić information content (AvgIpc) is 2.71. The molecule has 0 aliphatic carbocycles. The van der Waals surface area contributed by atoms with Crippen molar-refractivity contribution in [1.82, 2.24) is 5.32 Å². The van der Waals surface area contributed by atoms with Gasteiger partial charge in [-0.2, -0.15) is 13.2 Å². The zero-order valence-corrected chi connectivity index (χ0v) is 17.1. The van der Waals surface area contributed by atoms with E-state index in [-0.39, 0.29) is 0 Å². The number of carbonyl (C=O) groups is 1. The van der Waals surface area contributed by atoms with Gasteiger partial charge in [0.2, 0.25) is 0 Å². The number of halogens is 3. The highest BCUT2D eigenvalue weighted by atomic mass is 19.4. The number of hydrogen-bond donors (Lipinski definition) is 1. The van der Waals surface area contributed by atoms with Gasteiger partial charge in [0.25, 0.3) is 0 Å². The van der Waals surface area contributed by atoms with Crippen LogP contribution in [0.3, 0.4) is 0 Å². The molecule has 0 aromatic heterocycles. The molecule has 0 saturated carbocycles. The summed E-state index contributed by atoms with van der Waals surface area (Å²) in [5.41, 5.74) is 0.623. The smallest absolute Gasteiger partial charge is 0.416 e. The maximum atomic E-state index is 12.8. The fourth-order valence-corrected chi connectivity index (χ4v) is 3.79. The molecule has 1 heterocycles. The van der Waals surface area contributed by atoms with Crippen LogP contribution in [0.2, 0.25) is 0 Å². The molecular weight excluding hydrogens is 399 g/mol. The number of carbonyl (C=O) groups excluding carboxylic acids is 1. The molecule has 1 atom stereocenters. The molecule has 0 unspecified atom stereocenters. The van der Waals surface area contributed by atoms with Gasteiger partial charge in [-0.05, 0) is 48.2 Å². The third-order valence-corrected chi connectivity index (χ3v) is 5.21. The van der Waals surface area contributed by atoms with Gasteiger partial charge in [-0.1, -0.05) is 12.1 Å². The lowest BCUT2D eigenvalue weighted by Gasteiger charge is -2.39. The highest BCUT2D eigenvalue weighted by molar-refractivity contribution is 5.67. The number of benzene rings is 2. The van der Waals surface area contributed by atoms with Crippen molar-refractivity contribution < 1.29 is 32.2 Å². The Morgan fingerprint density at radius 1 is 1.10 bits per heavy atom. The zero-order valence-electron chi connectivity index (χ0n) is 17.1. The Morgan fingerprint density at radius 2 is 1.73 bits per heavy atom. The molecule has 0 spiro atoms. The first-order valence-electron chi connectivity index (χ1n) is 9.54. The SMILES string of the molecule is COc1cc2c(cc1OC)[C@](CCc1ccc(C(F)(F)F)cc1)(OC(C)=O)NCC2. The number of rotatable bonds is 6. The molecule has 30 heavy (non-hydrogen) atoms. The summed E-state index contributed by atoms with van der Waals surface area (Å²) in [6.07, 6.45) is -2.91. The van der Waals surface area contributed by atoms with Crippen LogP contribution in [0.1, 0.15) is 35.6 Å². The van der Waals surface area contributed by atoms with Crippen LogP contribution in [-0.2, 0) is 34.3 Å². The lowest BCUT2D eigenvalue weighted by atomic mass is 9.86. The van der Waals surface area contributed by atoms with Gasteiger partial charge >= 0.3 is 12.1 Å². The van der Waals surface area contributed by atoms with Gasteiger partial charge in [0, 0.05) is 25.5 Å². The zero-order chi connectivity index (χ0) is 21.9. The third kappa shape index (κ3) is 4.53. The number of hydrogen-bond acceptors (Lipinski definition) is 5. The van der Waals surface area contributed by atoms with Gasteiger partial charge in [0.1, 0.15) is 0 Å². The molecule has 2 aromatic carbocycles. The van der Waals surface area contributed by atoms with Crippen LogP contribution in [0.25, 0.3) is 0 Å². The second kappa shape index (κ2) is 8.55. The number of alkyl halides is 3. The molecule has 8 heteroatoms. The summed E-state index contributed by atoms with van der Waals surface area (Å²) in [7, 11) is 3.07. The minimum atomic E-state index is -4.38. The van der Waals surface area contributed by atoms with E-state index in [2.05, 4.69) is 5.32 Å². The first-order chi connectivity index (χ1) is 14.2. The van der Waals surface area contributed by atoms with E-state index in [9.17, 15) is 18.0 Å². The monoisotopic (exact) mass is 423 g/mol. The Hall–Kier alpha value is -2.74. The number of fused-ring (bicyclic) bond motifs is 1. The summed E-state index contributed by atoms with van der Waals surface area (Å²) >= 11 is 0. The summed E-state index contributed by atoms with van der Waals surface area (Å²) in [5.74, 6) is 0.626. The average molecular weight is 423 g/mol. The molecule has 1 aliphatic heterocycles. The predicted molar refractivity (Wildman–Crippen MR) is 104 cm³/mol. The van der Waals surface area contributed by atoms with Crippen LogP contribution >= 0.6 is 0 Å². The highest BCUT2D eigenvalue weighted by Crippen LogP contribution is 2.40. The van der Waals surface area contributed by atoms with Crippen LogP contribution in [-0.4, -0.2) is 26.7 Å². The number of ether oxygens (including phenoxy) is 3. The highest BCUT2D eigenvalue weighted by Gasteiger charge is 2.40. The van der Waals surface area contributed by atoms with Crippen LogP contribution in [0, 0.1) is 0 Å². The van der Waals surface area contributed by atoms with E-state index in [0.29, 0.717) is 42.9 Å². The van der Waals surface area contributed by atoms with Gasteiger partial charge in [-0.25, -0.2) is 0 Å². The summed E-state index contributed by atoms with van der Waals surface area (Å²) in [6, 6.07) is 8.67. The Kier molecular flexibility index (Phi) is 6.26. The molecular formula is C22H24F3NO4. The minimum absolute atomic E-state index is 0.348. The van der Waals surface area contributed by atoms with Crippen molar-refractivity contribution in [2.24, 2.45) is 0 Å². The standard InChI is InChI=1S/C22H24F3NO4/c1-14(27)30-21(10-8-15-4-6-17(7-5-15)22(23,24)25)18-13-20(29-3)19(28-2)12-16(18)9-11-26-21/h4-7,12-13,26H,8-11H2,1-3H3/t21-/m0/s1. The van der Waals surface area contributed by atoms with Gasteiger partial charge in [-0.15, -0.1) is 0 Å². The van der Waals surface area contributed by atoms with Gasteiger partial charge < -0.3 is 14.2 Å². The van der Waals surface area contributed by atoms with Crippen LogP contribution in [0.4, 0.5) is 13.2 Å². The molecule has 1 aliphatic rings. The van der Waals surface area contributed by atoms with E-state index < -0.39 is 23.4 Å². The first kappa shape index (κ1) is 22.0. The fraction of sp³-hybridized carbons (Fsp3) is 0.409. The molecule has 3 rings (SSSR count). The van der Waals surface area contributed by atoms with E-state index >= 15 is 0 Å². The molecule has 0 bridgehead atoms. The Balaban J connectivity index is 1.94. The summed E-state index contributed by atoms with van der Waals surface area (Å²) in [5, 5.41) is 3.30. The number of methoxy groups -OCH3 is 2. The Labute approximate surface area is 173 Å². The molecule has 162 valence electrons. The van der Waals surface area contributed by atoms with E-state index in [1.165, 1.54) is 26.2 Å². The normalized spacial score (nSPS) is 18.5. The quantitative estimate of drug-likeness (QED) is 0.706. The number of esters is 1. The molecule has 0 amide bonds. The summed E-state index contributed by atoms with van der Waals surface area (Å²) < 4.78 is 55.0. The molecule has 0 saturated heterocycles. The second-order valence-corrected chi connectivity index (χ2v) is 7.16. The summed E-state index contributed by atoms with van der Waals surface area (Å²) in [4.78, 5) is 11.9. The Bertz CT molecular complexity index is 912.